The van der Waals surface area contributed by atoms with Crippen LogP contribution in [0.15, 0.2) is 24.3 Å². The van der Waals surface area contributed by atoms with E-state index in [2.05, 4.69) is 16.3 Å². The van der Waals surface area contributed by atoms with E-state index < -0.39 is 5.60 Å². The summed E-state index contributed by atoms with van der Waals surface area (Å²) in [6.07, 6.45) is 5.60. The number of nitriles is 1. The second-order valence-corrected chi connectivity index (χ2v) is 7.09. The first kappa shape index (κ1) is 16.8. The number of aliphatic hydroxyl groups is 1. The molecule has 0 radical (unpaired) electrons. The van der Waals surface area contributed by atoms with Crippen molar-refractivity contribution in [2.75, 3.05) is 18.0 Å². The second-order valence-electron chi connectivity index (χ2n) is 7.09. The molecule has 0 bridgehead atoms. The highest BCUT2D eigenvalue weighted by atomic mass is 16.3. The summed E-state index contributed by atoms with van der Waals surface area (Å²) < 4.78 is 0. The highest BCUT2D eigenvalue weighted by Gasteiger charge is 2.34. The Labute approximate surface area is 143 Å². The van der Waals surface area contributed by atoms with E-state index in [0.717, 1.165) is 50.8 Å². The van der Waals surface area contributed by atoms with Gasteiger partial charge in [0.2, 0.25) is 5.91 Å². The van der Waals surface area contributed by atoms with Gasteiger partial charge in [-0.3, -0.25) is 4.79 Å². The van der Waals surface area contributed by atoms with E-state index in [4.69, 9.17) is 0 Å². The Morgan fingerprint density at radius 3 is 2.83 bits per heavy atom. The lowest BCUT2D eigenvalue weighted by atomic mass is 9.97. The van der Waals surface area contributed by atoms with Gasteiger partial charge in [-0.2, -0.15) is 5.26 Å². The molecule has 5 heteroatoms. The van der Waals surface area contributed by atoms with Crippen LogP contribution >= 0.6 is 0 Å². The number of anilines is 1. The number of carbonyl (C=O) groups excluding carboxylic acids is 1. The number of piperidine rings is 1. The van der Waals surface area contributed by atoms with Crippen LogP contribution in [0, 0.1) is 11.3 Å². The molecular weight excluding hydrogens is 302 g/mol. The molecule has 2 aliphatic rings. The number of hydrogen-bond acceptors (Lipinski definition) is 4. The molecule has 3 rings (SSSR count). The average molecular weight is 327 g/mol. The summed E-state index contributed by atoms with van der Waals surface area (Å²) in [5.74, 6) is -0.0557. The monoisotopic (exact) mass is 327 g/mol. The number of nitrogens with zero attached hydrogens (tertiary/aromatic N) is 2. The molecule has 1 saturated carbocycles. The number of benzene rings is 1. The van der Waals surface area contributed by atoms with Crippen molar-refractivity contribution >= 4 is 11.6 Å². The van der Waals surface area contributed by atoms with Crippen molar-refractivity contribution in [3.05, 3.63) is 29.8 Å². The Balaban J connectivity index is 1.59. The molecule has 1 amide bonds. The van der Waals surface area contributed by atoms with E-state index in [1.807, 2.05) is 24.3 Å². The van der Waals surface area contributed by atoms with E-state index >= 15 is 0 Å². The normalized spacial score (nSPS) is 22.8. The Morgan fingerprint density at radius 1 is 1.33 bits per heavy atom. The number of carbonyl (C=O) groups is 1. The molecule has 1 saturated heterocycles. The molecule has 0 spiro atoms. The van der Waals surface area contributed by atoms with Crippen LogP contribution in [0.4, 0.5) is 5.69 Å². The first-order valence-electron chi connectivity index (χ1n) is 8.85. The highest BCUT2D eigenvalue weighted by molar-refractivity contribution is 5.77. The predicted molar refractivity (Wildman–Crippen MR) is 92.6 cm³/mol. The summed E-state index contributed by atoms with van der Waals surface area (Å²) in [7, 11) is 0. The van der Waals surface area contributed by atoms with E-state index in [-0.39, 0.29) is 18.4 Å². The third kappa shape index (κ3) is 3.88. The van der Waals surface area contributed by atoms with Crippen molar-refractivity contribution in [3.8, 4) is 6.07 Å². The standard InChI is InChI=1S/C19H25N3O2/c20-13-15-6-1-2-8-17(15)22-11-5-7-16(14-22)21-18(23)12-19(24)9-3-4-10-19/h1-2,6,8,16,24H,3-5,7,9-12,14H2,(H,21,23). The smallest absolute Gasteiger partial charge is 0.223 e. The Hall–Kier alpha value is -2.06. The number of nitrogens with one attached hydrogen (secondary N) is 1. The van der Waals surface area contributed by atoms with Crippen LogP contribution in [0.25, 0.3) is 0 Å². The van der Waals surface area contributed by atoms with Crippen LogP contribution in [-0.2, 0) is 4.79 Å². The average Bonchev–Trinajstić information content (AvgIpc) is 3.00. The van der Waals surface area contributed by atoms with Gasteiger partial charge in [-0.1, -0.05) is 25.0 Å². The van der Waals surface area contributed by atoms with E-state index in [1.165, 1.54) is 0 Å². The van der Waals surface area contributed by atoms with Crippen LogP contribution in [0.2, 0.25) is 0 Å². The molecule has 2 N–H and O–H groups in total. The first-order valence-corrected chi connectivity index (χ1v) is 8.85. The minimum Gasteiger partial charge on any atom is -0.389 e. The number of rotatable bonds is 4. The van der Waals surface area contributed by atoms with Crippen LogP contribution in [0.5, 0.6) is 0 Å². The highest BCUT2D eigenvalue weighted by Crippen LogP contribution is 2.32. The molecule has 1 aliphatic heterocycles. The van der Waals surface area contributed by atoms with Crippen LogP contribution < -0.4 is 10.2 Å². The van der Waals surface area contributed by atoms with Gasteiger partial charge in [-0.25, -0.2) is 0 Å². The maximum absolute atomic E-state index is 12.3. The zero-order valence-electron chi connectivity index (χ0n) is 14.0. The lowest BCUT2D eigenvalue weighted by Crippen LogP contribution is -2.49. The lowest BCUT2D eigenvalue weighted by Gasteiger charge is -2.35. The van der Waals surface area contributed by atoms with Crippen molar-refractivity contribution in [2.24, 2.45) is 0 Å². The molecule has 24 heavy (non-hydrogen) atoms. The van der Waals surface area contributed by atoms with Gasteiger partial charge in [0.15, 0.2) is 0 Å². The van der Waals surface area contributed by atoms with Gasteiger partial charge in [-0.05, 0) is 37.8 Å². The van der Waals surface area contributed by atoms with Gasteiger partial charge in [0, 0.05) is 19.1 Å². The zero-order chi connectivity index (χ0) is 17.0. The van der Waals surface area contributed by atoms with Gasteiger partial charge in [0.1, 0.15) is 6.07 Å². The second kappa shape index (κ2) is 7.23. The van der Waals surface area contributed by atoms with E-state index in [1.54, 1.807) is 0 Å². The molecule has 1 aromatic carbocycles. The fourth-order valence-corrected chi connectivity index (χ4v) is 3.95. The molecule has 1 atom stereocenters. The van der Waals surface area contributed by atoms with Crippen molar-refractivity contribution in [2.45, 2.75) is 56.6 Å². The molecular formula is C19H25N3O2. The fourth-order valence-electron chi connectivity index (χ4n) is 3.95. The number of para-hydroxylation sites is 1. The van der Waals surface area contributed by atoms with Crippen molar-refractivity contribution < 1.29 is 9.90 Å². The third-order valence-corrected chi connectivity index (χ3v) is 5.18. The van der Waals surface area contributed by atoms with Crippen molar-refractivity contribution in [1.29, 1.82) is 5.26 Å². The van der Waals surface area contributed by atoms with Crippen molar-refractivity contribution in [3.63, 3.8) is 0 Å². The minimum absolute atomic E-state index is 0.0557. The topological polar surface area (TPSA) is 76.4 Å². The number of hydrogen-bond donors (Lipinski definition) is 2. The zero-order valence-corrected chi connectivity index (χ0v) is 14.0. The maximum Gasteiger partial charge on any atom is 0.223 e. The predicted octanol–water partition coefficient (Wildman–Crippen LogP) is 2.34. The van der Waals surface area contributed by atoms with Crippen LogP contribution in [0.3, 0.4) is 0 Å². The van der Waals surface area contributed by atoms with Crippen molar-refractivity contribution in [1.82, 2.24) is 5.32 Å². The van der Waals surface area contributed by atoms with Crippen LogP contribution in [0.1, 0.15) is 50.5 Å². The fraction of sp³-hybridized carbons (Fsp3) is 0.579. The Bertz CT molecular complexity index is 632. The molecule has 1 heterocycles. The minimum atomic E-state index is -0.800. The lowest BCUT2D eigenvalue weighted by molar-refractivity contribution is -0.126. The molecule has 0 aromatic heterocycles. The molecule has 5 nitrogen and oxygen atoms in total. The molecule has 128 valence electrons. The molecule has 1 unspecified atom stereocenters. The van der Waals surface area contributed by atoms with Gasteiger partial charge in [0.25, 0.3) is 0 Å². The molecule has 1 aliphatic carbocycles. The Kier molecular flexibility index (Phi) is 5.06. The summed E-state index contributed by atoms with van der Waals surface area (Å²) in [6, 6.07) is 9.91. The SMILES string of the molecule is N#Cc1ccccc1N1CCCC(NC(=O)CC2(O)CCCC2)C1. The summed E-state index contributed by atoms with van der Waals surface area (Å²) in [6.45, 7) is 1.61. The van der Waals surface area contributed by atoms with Gasteiger partial charge in [-0.15, -0.1) is 0 Å². The summed E-state index contributed by atoms with van der Waals surface area (Å²) in [5, 5.41) is 22.7. The summed E-state index contributed by atoms with van der Waals surface area (Å²) in [4.78, 5) is 14.5. The summed E-state index contributed by atoms with van der Waals surface area (Å²) >= 11 is 0. The maximum atomic E-state index is 12.3. The van der Waals surface area contributed by atoms with E-state index in [0.29, 0.717) is 12.1 Å². The van der Waals surface area contributed by atoms with Gasteiger partial charge < -0.3 is 15.3 Å². The molecule has 2 fully saturated rings. The van der Waals surface area contributed by atoms with E-state index in [9.17, 15) is 15.2 Å². The van der Waals surface area contributed by atoms with Gasteiger partial charge >= 0.3 is 0 Å². The first-order chi connectivity index (χ1) is 11.6. The third-order valence-electron chi connectivity index (χ3n) is 5.18. The quantitative estimate of drug-likeness (QED) is 0.890. The number of amides is 1. The Morgan fingerprint density at radius 2 is 2.08 bits per heavy atom. The van der Waals surface area contributed by atoms with Crippen LogP contribution in [-0.4, -0.2) is 35.7 Å². The molecule has 1 aromatic rings. The summed E-state index contributed by atoms with van der Waals surface area (Å²) in [5.41, 5.74) is 0.810. The largest absolute Gasteiger partial charge is 0.389 e. The van der Waals surface area contributed by atoms with Gasteiger partial charge in [0.05, 0.1) is 23.3 Å².